The van der Waals surface area contributed by atoms with Crippen molar-refractivity contribution in [1.29, 1.82) is 0 Å². The Kier molecular flexibility index (Phi) is 3.35. The third kappa shape index (κ3) is 2.29. The first kappa shape index (κ1) is 13.9. The number of nitrogen functional groups attached to an aromatic ring is 2. The molecule has 0 bridgehead atoms. The van der Waals surface area contributed by atoms with E-state index in [9.17, 15) is 22.4 Å². The second kappa shape index (κ2) is 4.84. The maximum atomic E-state index is 13.6. The minimum Gasteiger partial charge on any atom is -0.399 e. The maximum absolute atomic E-state index is 13.6. The van der Waals surface area contributed by atoms with Crippen LogP contribution in [0.3, 0.4) is 0 Å². The van der Waals surface area contributed by atoms with Crippen LogP contribution in [0.2, 0.25) is 0 Å². The first-order chi connectivity index (χ1) is 9.31. The SMILES string of the molecule is Nc1cc(F)c(C(=O)c2c(F)cc(N)cc2F)c(F)c1. The van der Waals surface area contributed by atoms with Crippen molar-refractivity contribution in [3.8, 4) is 0 Å². The van der Waals surface area contributed by atoms with E-state index in [1.54, 1.807) is 0 Å². The molecule has 0 atom stereocenters. The van der Waals surface area contributed by atoms with E-state index in [0.29, 0.717) is 24.3 Å². The van der Waals surface area contributed by atoms with Crippen molar-refractivity contribution in [2.45, 2.75) is 0 Å². The number of carbonyl (C=O) groups excluding carboxylic acids is 1. The first-order valence-corrected chi connectivity index (χ1v) is 5.35. The molecule has 0 aliphatic carbocycles. The number of carbonyl (C=O) groups is 1. The molecule has 2 aromatic carbocycles. The minimum absolute atomic E-state index is 0.255. The van der Waals surface area contributed by atoms with E-state index in [2.05, 4.69) is 0 Å². The molecule has 0 aromatic heterocycles. The molecule has 2 aromatic rings. The van der Waals surface area contributed by atoms with Crippen molar-refractivity contribution < 1.29 is 22.4 Å². The normalized spacial score (nSPS) is 10.6. The summed E-state index contributed by atoms with van der Waals surface area (Å²) in [5.41, 5.74) is 7.71. The van der Waals surface area contributed by atoms with E-state index in [1.165, 1.54) is 0 Å². The summed E-state index contributed by atoms with van der Waals surface area (Å²) in [7, 11) is 0. The molecule has 0 unspecified atom stereocenters. The molecule has 7 heteroatoms. The summed E-state index contributed by atoms with van der Waals surface area (Å²) in [6, 6.07) is 2.74. The van der Waals surface area contributed by atoms with E-state index in [-0.39, 0.29) is 11.4 Å². The van der Waals surface area contributed by atoms with Gasteiger partial charge in [0.2, 0.25) is 5.78 Å². The lowest BCUT2D eigenvalue weighted by molar-refractivity contribution is 0.102. The van der Waals surface area contributed by atoms with Gasteiger partial charge in [-0.15, -0.1) is 0 Å². The van der Waals surface area contributed by atoms with Crippen LogP contribution in [0, 0.1) is 23.3 Å². The number of ketones is 1. The molecule has 0 spiro atoms. The summed E-state index contributed by atoms with van der Waals surface area (Å²) in [6.45, 7) is 0. The standard InChI is InChI=1S/C13H8F4N2O/c14-7-1-5(18)2-8(15)11(7)13(20)12-9(16)3-6(19)4-10(12)17/h1-4H,18-19H2. The Morgan fingerprint density at radius 3 is 1.20 bits per heavy atom. The zero-order valence-electron chi connectivity index (χ0n) is 9.88. The Labute approximate surface area is 110 Å². The van der Waals surface area contributed by atoms with E-state index in [1.807, 2.05) is 0 Å². The Morgan fingerprint density at radius 2 is 0.950 bits per heavy atom. The largest absolute Gasteiger partial charge is 0.399 e. The molecule has 104 valence electrons. The molecule has 0 aliphatic rings. The average Bonchev–Trinajstić information content (AvgIpc) is 2.25. The van der Waals surface area contributed by atoms with E-state index < -0.39 is 40.2 Å². The van der Waals surface area contributed by atoms with Gasteiger partial charge in [0, 0.05) is 11.4 Å². The smallest absolute Gasteiger partial charge is 0.204 e. The average molecular weight is 284 g/mol. The lowest BCUT2D eigenvalue weighted by atomic mass is 10.0. The number of halogens is 4. The van der Waals surface area contributed by atoms with Crippen molar-refractivity contribution in [3.63, 3.8) is 0 Å². The molecule has 0 heterocycles. The number of hydrogen-bond acceptors (Lipinski definition) is 3. The predicted molar refractivity (Wildman–Crippen MR) is 65.0 cm³/mol. The van der Waals surface area contributed by atoms with Crippen LogP contribution in [-0.4, -0.2) is 5.78 Å². The summed E-state index contributed by atoms with van der Waals surface area (Å²) in [5, 5.41) is 0. The van der Waals surface area contributed by atoms with Crippen LogP contribution in [0.15, 0.2) is 24.3 Å². The zero-order chi connectivity index (χ0) is 15.0. The predicted octanol–water partition coefficient (Wildman–Crippen LogP) is 2.64. The highest BCUT2D eigenvalue weighted by molar-refractivity contribution is 6.10. The van der Waals surface area contributed by atoms with E-state index in [4.69, 9.17) is 11.5 Å². The Morgan fingerprint density at radius 1 is 0.700 bits per heavy atom. The number of rotatable bonds is 2. The Bertz CT molecular complexity index is 610. The van der Waals surface area contributed by atoms with Gasteiger partial charge in [-0.05, 0) is 24.3 Å². The van der Waals surface area contributed by atoms with Gasteiger partial charge >= 0.3 is 0 Å². The van der Waals surface area contributed by atoms with Gasteiger partial charge in [-0.1, -0.05) is 0 Å². The molecule has 0 aliphatic heterocycles. The third-order valence-corrected chi connectivity index (χ3v) is 2.58. The summed E-state index contributed by atoms with van der Waals surface area (Å²) in [6.07, 6.45) is 0. The van der Waals surface area contributed by atoms with Crippen molar-refractivity contribution in [2.75, 3.05) is 11.5 Å². The third-order valence-electron chi connectivity index (χ3n) is 2.58. The van der Waals surface area contributed by atoms with Crippen LogP contribution < -0.4 is 11.5 Å². The first-order valence-electron chi connectivity index (χ1n) is 5.35. The van der Waals surface area contributed by atoms with Crippen molar-refractivity contribution >= 4 is 17.2 Å². The summed E-state index contributed by atoms with van der Waals surface area (Å²) in [5.74, 6) is -6.67. The van der Waals surface area contributed by atoms with Gasteiger partial charge in [-0.25, -0.2) is 17.6 Å². The second-order valence-electron chi connectivity index (χ2n) is 4.05. The van der Waals surface area contributed by atoms with Gasteiger partial charge in [0.15, 0.2) is 0 Å². The lowest BCUT2D eigenvalue weighted by Crippen LogP contribution is -2.13. The quantitative estimate of drug-likeness (QED) is 0.506. The molecule has 0 fully saturated rings. The minimum atomic E-state index is -1.46. The fourth-order valence-corrected chi connectivity index (χ4v) is 1.74. The van der Waals surface area contributed by atoms with Gasteiger partial charge in [0.1, 0.15) is 23.3 Å². The number of benzene rings is 2. The highest BCUT2D eigenvalue weighted by Gasteiger charge is 2.25. The van der Waals surface area contributed by atoms with Gasteiger partial charge in [0.05, 0.1) is 11.1 Å². The van der Waals surface area contributed by atoms with Crippen LogP contribution in [0.4, 0.5) is 28.9 Å². The van der Waals surface area contributed by atoms with Crippen molar-refractivity contribution in [1.82, 2.24) is 0 Å². The van der Waals surface area contributed by atoms with Crippen molar-refractivity contribution in [3.05, 3.63) is 58.7 Å². The van der Waals surface area contributed by atoms with Gasteiger partial charge in [-0.2, -0.15) is 0 Å². The number of nitrogens with two attached hydrogens (primary N) is 2. The maximum Gasteiger partial charge on any atom is 0.204 e. The number of hydrogen-bond donors (Lipinski definition) is 2. The molecule has 4 N–H and O–H groups in total. The molecule has 0 saturated carbocycles. The van der Waals surface area contributed by atoms with Crippen LogP contribution in [0.5, 0.6) is 0 Å². The lowest BCUT2D eigenvalue weighted by Gasteiger charge is -2.08. The van der Waals surface area contributed by atoms with Crippen LogP contribution in [0.1, 0.15) is 15.9 Å². The number of anilines is 2. The summed E-state index contributed by atoms with van der Waals surface area (Å²) < 4.78 is 54.3. The molecular formula is C13H8F4N2O. The zero-order valence-corrected chi connectivity index (χ0v) is 9.88. The highest BCUT2D eigenvalue weighted by Crippen LogP contribution is 2.24. The monoisotopic (exact) mass is 284 g/mol. The van der Waals surface area contributed by atoms with E-state index in [0.717, 1.165) is 0 Å². The molecule has 2 rings (SSSR count). The van der Waals surface area contributed by atoms with Crippen LogP contribution in [0.25, 0.3) is 0 Å². The summed E-state index contributed by atoms with van der Waals surface area (Å²) in [4.78, 5) is 11.9. The second-order valence-corrected chi connectivity index (χ2v) is 4.05. The van der Waals surface area contributed by atoms with Crippen molar-refractivity contribution in [2.24, 2.45) is 0 Å². The molecule has 0 saturated heterocycles. The topological polar surface area (TPSA) is 69.1 Å². The Hall–Kier alpha value is -2.57. The molecule has 0 amide bonds. The van der Waals surface area contributed by atoms with Gasteiger partial charge < -0.3 is 11.5 Å². The van der Waals surface area contributed by atoms with Gasteiger partial charge in [-0.3, -0.25) is 4.79 Å². The fraction of sp³-hybridized carbons (Fsp3) is 0. The molecule has 3 nitrogen and oxygen atoms in total. The summed E-state index contributed by atoms with van der Waals surface area (Å²) >= 11 is 0. The van der Waals surface area contributed by atoms with Crippen LogP contribution >= 0.6 is 0 Å². The Balaban J connectivity index is 2.64. The molecule has 0 radical (unpaired) electrons. The highest BCUT2D eigenvalue weighted by atomic mass is 19.1. The van der Waals surface area contributed by atoms with Crippen LogP contribution in [-0.2, 0) is 0 Å². The van der Waals surface area contributed by atoms with E-state index >= 15 is 0 Å². The molecule has 20 heavy (non-hydrogen) atoms. The molecular weight excluding hydrogens is 276 g/mol. The van der Waals surface area contributed by atoms with Gasteiger partial charge in [0.25, 0.3) is 0 Å². The fourth-order valence-electron chi connectivity index (χ4n) is 1.74.